The molecule has 0 spiro atoms. The van der Waals surface area contributed by atoms with Gasteiger partial charge in [-0.05, 0) is 49.3 Å². The maximum Gasteiger partial charge on any atom is 0.216 e. The van der Waals surface area contributed by atoms with Crippen LogP contribution in [0.5, 0.6) is 0 Å². The van der Waals surface area contributed by atoms with Gasteiger partial charge in [-0.15, -0.1) is 0 Å². The molecule has 1 aliphatic carbocycles. The molecule has 4 heteroatoms. The topological polar surface area (TPSA) is 46.2 Å². The zero-order valence-electron chi connectivity index (χ0n) is 18.5. The van der Waals surface area contributed by atoms with Gasteiger partial charge in [0, 0.05) is 0 Å². The van der Waals surface area contributed by atoms with Crippen LogP contribution in [0.25, 0.3) is 6.08 Å². The van der Waals surface area contributed by atoms with Crippen molar-refractivity contribution in [3.63, 3.8) is 0 Å². The van der Waals surface area contributed by atoms with E-state index >= 15 is 0 Å². The lowest BCUT2D eigenvalue weighted by molar-refractivity contribution is 0.312. The molecule has 0 heterocycles. The molecule has 0 amide bonds. The highest BCUT2D eigenvalue weighted by Gasteiger charge is 2.29. The fourth-order valence-electron chi connectivity index (χ4n) is 4.25. The van der Waals surface area contributed by atoms with Gasteiger partial charge in [0.2, 0.25) is 10.0 Å². The maximum atomic E-state index is 13.2. The molecule has 164 valence electrons. The maximum absolute atomic E-state index is 13.2. The monoisotopic (exact) mass is 427 g/mol. The second kappa shape index (κ2) is 12.7. The average Bonchev–Trinajstić information content (AvgIpc) is 2.70. The van der Waals surface area contributed by atoms with Gasteiger partial charge in [0.15, 0.2) is 0 Å². The minimum atomic E-state index is -3.51. The van der Waals surface area contributed by atoms with Crippen molar-refractivity contribution in [1.82, 2.24) is 4.72 Å². The summed E-state index contributed by atoms with van der Waals surface area (Å²) in [5.41, 5.74) is 2.81. The zero-order chi connectivity index (χ0) is 21.8. The molecule has 1 aromatic rings. The average molecular weight is 428 g/mol. The van der Waals surface area contributed by atoms with E-state index in [0.29, 0.717) is 5.92 Å². The molecule has 1 atom stereocenters. The summed E-state index contributed by atoms with van der Waals surface area (Å²) in [5, 5.41) is 0. The SMILES string of the molecule is C=Cc1ccccc1C(NS(=O)(=O)CC(/C=C\C)=C/C=C\C)C1CCCCCCC1. The highest BCUT2D eigenvalue weighted by Crippen LogP contribution is 2.35. The predicted molar refractivity (Wildman–Crippen MR) is 130 cm³/mol. The van der Waals surface area contributed by atoms with Crippen molar-refractivity contribution in [2.24, 2.45) is 5.92 Å². The molecular formula is C26H37NO2S. The minimum Gasteiger partial charge on any atom is -0.212 e. The van der Waals surface area contributed by atoms with Gasteiger partial charge in [-0.3, -0.25) is 0 Å². The number of nitrogens with one attached hydrogen (secondary N) is 1. The van der Waals surface area contributed by atoms with Crippen molar-refractivity contribution < 1.29 is 8.42 Å². The Balaban J connectivity index is 2.36. The molecule has 1 unspecified atom stereocenters. The number of rotatable bonds is 9. The van der Waals surface area contributed by atoms with Gasteiger partial charge in [-0.25, -0.2) is 13.1 Å². The van der Waals surface area contributed by atoms with E-state index in [2.05, 4.69) is 11.3 Å². The van der Waals surface area contributed by atoms with E-state index in [1.54, 1.807) is 0 Å². The highest BCUT2D eigenvalue weighted by molar-refractivity contribution is 7.89. The third-order valence-electron chi connectivity index (χ3n) is 5.72. The third-order valence-corrected chi connectivity index (χ3v) is 7.05. The van der Waals surface area contributed by atoms with Crippen LogP contribution < -0.4 is 4.72 Å². The summed E-state index contributed by atoms with van der Waals surface area (Å²) >= 11 is 0. The molecule has 1 saturated carbocycles. The largest absolute Gasteiger partial charge is 0.216 e. The van der Waals surface area contributed by atoms with E-state index in [9.17, 15) is 8.42 Å². The second-order valence-corrected chi connectivity index (χ2v) is 9.81. The number of benzene rings is 1. The third kappa shape index (κ3) is 7.73. The summed E-state index contributed by atoms with van der Waals surface area (Å²) in [7, 11) is -3.51. The van der Waals surface area contributed by atoms with Crippen molar-refractivity contribution >= 4 is 16.1 Å². The first kappa shape index (κ1) is 24.4. The Morgan fingerprint density at radius 2 is 1.77 bits per heavy atom. The number of allylic oxidation sites excluding steroid dienone is 5. The molecule has 1 aliphatic rings. The normalized spacial score (nSPS) is 18.4. The van der Waals surface area contributed by atoms with Crippen molar-refractivity contribution in [3.05, 3.63) is 77.9 Å². The van der Waals surface area contributed by atoms with Crippen molar-refractivity contribution in [1.29, 1.82) is 0 Å². The standard InChI is InChI=1S/C26H37NO2S/c1-4-7-16-22(15-5-2)21-30(28,29)27-26(24-18-11-9-8-10-12-19-24)25-20-14-13-17-23(25)6-3/h4-7,13-17,20,24,26-27H,3,8-12,18-19,21H2,1-2H3/b7-4-,15-5-,22-16+. The highest BCUT2D eigenvalue weighted by atomic mass is 32.2. The van der Waals surface area contributed by atoms with Gasteiger partial charge < -0.3 is 0 Å². The molecule has 0 aromatic heterocycles. The smallest absolute Gasteiger partial charge is 0.212 e. The van der Waals surface area contributed by atoms with Gasteiger partial charge in [-0.1, -0.05) is 99.4 Å². The summed E-state index contributed by atoms with van der Waals surface area (Å²) in [6, 6.07) is 7.81. The lowest BCUT2D eigenvalue weighted by atomic mass is 9.82. The molecule has 1 fully saturated rings. The van der Waals surface area contributed by atoms with Crippen LogP contribution in [0, 0.1) is 5.92 Å². The number of hydrogen-bond donors (Lipinski definition) is 1. The molecule has 1 aromatic carbocycles. The molecule has 1 N–H and O–H groups in total. The van der Waals surface area contributed by atoms with E-state index in [-0.39, 0.29) is 11.8 Å². The van der Waals surface area contributed by atoms with Crippen molar-refractivity contribution in [3.8, 4) is 0 Å². The molecular weight excluding hydrogens is 390 g/mol. The zero-order valence-corrected chi connectivity index (χ0v) is 19.3. The Morgan fingerprint density at radius 3 is 2.40 bits per heavy atom. The molecule has 2 rings (SSSR count). The van der Waals surface area contributed by atoms with Crippen LogP contribution in [0.4, 0.5) is 0 Å². The summed E-state index contributed by atoms with van der Waals surface area (Å²) < 4.78 is 29.5. The molecule has 3 nitrogen and oxygen atoms in total. The van der Waals surface area contributed by atoms with Crippen LogP contribution in [-0.2, 0) is 10.0 Å². The van der Waals surface area contributed by atoms with Crippen molar-refractivity contribution in [2.45, 2.75) is 64.8 Å². The van der Waals surface area contributed by atoms with Gasteiger partial charge >= 0.3 is 0 Å². The Kier molecular flexibility index (Phi) is 10.3. The molecule has 0 saturated heterocycles. The Bertz CT molecular complexity index is 857. The van der Waals surface area contributed by atoms with Crippen LogP contribution >= 0.6 is 0 Å². The fraction of sp³-hybridized carbons (Fsp3) is 0.462. The van der Waals surface area contributed by atoms with Gasteiger partial charge in [0.1, 0.15) is 0 Å². The summed E-state index contributed by atoms with van der Waals surface area (Å²) in [5.74, 6) is 0.270. The van der Waals surface area contributed by atoms with Crippen LogP contribution in [-0.4, -0.2) is 14.2 Å². The predicted octanol–water partition coefficient (Wildman–Crippen LogP) is 6.73. The van der Waals surface area contributed by atoms with Crippen molar-refractivity contribution in [2.75, 3.05) is 5.75 Å². The van der Waals surface area contributed by atoms with Crippen LogP contribution in [0.3, 0.4) is 0 Å². The van der Waals surface area contributed by atoms with Crippen LogP contribution in [0.15, 0.2) is 66.8 Å². The lowest BCUT2D eigenvalue weighted by Crippen LogP contribution is -2.36. The van der Waals surface area contributed by atoms with Gasteiger partial charge in [0.05, 0.1) is 11.8 Å². The Labute approximate surface area is 183 Å². The second-order valence-electron chi connectivity index (χ2n) is 8.06. The number of hydrogen-bond acceptors (Lipinski definition) is 2. The Morgan fingerprint density at radius 1 is 1.10 bits per heavy atom. The summed E-state index contributed by atoms with van der Waals surface area (Å²) in [6.07, 6.45) is 19.4. The van der Waals surface area contributed by atoms with Crippen LogP contribution in [0.1, 0.15) is 76.0 Å². The van der Waals surface area contributed by atoms with E-state index in [0.717, 1.165) is 42.4 Å². The minimum absolute atomic E-state index is 0.0266. The molecule has 0 bridgehead atoms. The number of sulfonamides is 1. The quantitative estimate of drug-likeness (QED) is 0.444. The molecule has 0 aliphatic heterocycles. The molecule has 0 radical (unpaired) electrons. The summed E-state index contributed by atoms with van der Waals surface area (Å²) in [6.45, 7) is 7.78. The van der Waals surface area contributed by atoms with E-state index in [1.165, 1.54) is 19.3 Å². The van der Waals surface area contributed by atoms with Gasteiger partial charge in [-0.2, -0.15) is 0 Å². The first-order valence-electron chi connectivity index (χ1n) is 11.2. The molecule has 30 heavy (non-hydrogen) atoms. The van der Waals surface area contributed by atoms with Crippen LogP contribution in [0.2, 0.25) is 0 Å². The first-order chi connectivity index (χ1) is 14.5. The lowest BCUT2D eigenvalue weighted by Gasteiger charge is -2.31. The Hall–Kier alpha value is -1.91. The van der Waals surface area contributed by atoms with E-state index in [4.69, 9.17) is 0 Å². The van der Waals surface area contributed by atoms with Gasteiger partial charge in [0.25, 0.3) is 0 Å². The first-order valence-corrected chi connectivity index (χ1v) is 12.8. The summed E-state index contributed by atoms with van der Waals surface area (Å²) in [4.78, 5) is 0. The van der Waals surface area contributed by atoms with E-state index in [1.807, 2.05) is 74.6 Å². The fourth-order valence-corrected chi connectivity index (χ4v) is 5.68. The van der Waals surface area contributed by atoms with E-state index < -0.39 is 10.0 Å².